The average Bonchev–Trinajstić information content (AvgIpc) is 2.65. The molecule has 1 aromatic carbocycles. The molecular weight excluding hydrogens is 246 g/mol. The Morgan fingerprint density at radius 2 is 2.06 bits per heavy atom. The third kappa shape index (κ3) is 2.23. The van der Waals surface area contributed by atoms with Crippen molar-refractivity contribution in [1.29, 1.82) is 0 Å². The second-order valence-corrected chi connectivity index (χ2v) is 5.75. The number of rotatable bonds is 3. The van der Waals surface area contributed by atoms with E-state index in [-0.39, 0.29) is 0 Å². The summed E-state index contributed by atoms with van der Waals surface area (Å²) in [6.07, 6.45) is 0. The smallest absolute Gasteiger partial charge is 0.121 e. The Morgan fingerprint density at radius 1 is 1.33 bits per heavy atom. The molecule has 0 radical (unpaired) electrons. The van der Waals surface area contributed by atoms with E-state index in [1.165, 1.54) is 4.90 Å². The van der Waals surface area contributed by atoms with Crippen molar-refractivity contribution in [2.24, 2.45) is 7.05 Å². The van der Waals surface area contributed by atoms with Gasteiger partial charge in [0.2, 0.25) is 0 Å². The maximum Gasteiger partial charge on any atom is 0.121 e. The Balaban J connectivity index is 1.77. The van der Waals surface area contributed by atoms with Gasteiger partial charge in [0.25, 0.3) is 0 Å². The quantitative estimate of drug-likeness (QED) is 0.920. The van der Waals surface area contributed by atoms with Gasteiger partial charge in [0.15, 0.2) is 0 Å². The van der Waals surface area contributed by atoms with Gasteiger partial charge in [0.1, 0.15) is 5.82 Å². The van der Waals surface area contributed by atoms with Crippen LogP contribution >= 0.6 is 11.8 Å². The molecule has 0 amide bonds. The number of thioether (sulfide) groups is 1. The van der Waals surface area contributed by atoms with Gasteiger partial charge in [0, 0.05) is 23.6 Å². The normalized spacial score (nSPS) is 15.6. The van der Waals surface area contributed by atoms with Gasteiger partial charge in [-0.05, 0) is 12.1 Å². The Kier molecular flexibility index (Phi) is 3.01. The summed E-state index contributed by atoms with van der Waals surface area (Å²) in [5, 5.41) is 4.98. The van der Waals surface area contributed by atoms with Crippen LogP contribution in [0.5, 0.6) is 0 Å². The lowest BCUT2D eigenvalue weighted by molar-refractivity contribution is 0.0455. The Labute approximate surface area is 110 Å². The van der Waals surface area contributed by atoms with Gasteiger partial charge in [-0.15, -0.1) is 11.8 Å². The Hall–Kier alpha value is -1.46. The molecule has 0 saturated carbocycles. The van der Waals surface area contributed by atoms with Crippen LogP contribution in [0.15, 0.2) is 35.2 Å². The predicted octanol–water partition coefficient (Wildman–Crippen LogP) is 2.16. The zero-order valence-corrected chi connectivity index (χ0v) is 11.0. The average molecular weight is 261 g/mol. The van der Waals surface area contributed by atoms with Gasteiger partial charge in [-0.25, -0.2) is 0 Å². The van der Waals surface area contributed by atoms with E-state index in [1.807, 2.05) is 24.9 Å². The topological polar surface area (TPSA) is 53.1 Å². The standard InChI is InChI=1S/C13H15N3OS/c1-16-13(14)6-12(15-16)9-2-4-10(5-3-9)18-11-7-17-8-11/h2-6,11H,7-8,14H2,1H3. The van der Waals surface area contributed by atoms with E-state index < -0.39 is 0 Å². The van der Waals surface area contributed by atoms with Crippen LogP contribution in [0, 0.1) is 0 Å². The highest BCUT2D eigenvalue weighted by molar-refractivity contribution is 8.00. The first-order valence-corrected chi connectivity index (χ1v) is 6.75. The number of nitrogen functional groups attached to an aromatic ring is 1. The largest absolute Gasteiger partial charge is 0.384 e. The highest BCUT2D eigenvalue weighted by atomic mass is 32.2. The minimum Gasteiger partial charge on any atom is -0.384 e. The van der Waals surface area contributed by atoms with Crippen LogP contribution in [-0.2, 0) is 11.8 Å². The first-order chi connectivity index (χ1) is 8.72. The second kappa shape index (κ2) is 4.66. The van der Waals surface area contributed by atoms with E-state index in [9.17, 15) is 0 Å². The van der Waals surface area contributed by atoms with Gasteiger partial charge in [-0.2, -0.15) is 5.10 Å². The fourth-order valence-corrected chi connectivity index (χ4v) is 2.81. The van der Waals surface area contributed by atoms with Crippen LogP contribution in [0.3, 0.4) is 0 Å². The number of aromatic nitrogens is 2. The summed E-state index contributed by atoms with van der Waals surface area (Å²) < 4.78 is 6.85. The summed E-state index contributed by atoms with van der Waals surface area (Å²) in [5.74, 6) is 0.676. The van der Waals surface area contributed by atoms with Crippen molar-refractivity contribution in [3.8, 4) is 11.3 Å². The molecule has 1 aliphatic heterocycles. The molecule has 0 spiro atoms. The van der Waals surface area contributed by atoms with Crippen LogP contribution < -0.4 is 5.73 Å². The monoisotopic (exact) mass is 261 g/mol. The number of anilines is 1. The summed E-state index contributed by atoms with van der Waals surface area (Å²) in [5.41, 5.74) is 7.79. The van der Waals surface area contributed by atoms with Crippen molar-refractivity contribution in [1.82, 2.24) is 9.78 Å². The number of hydrogen-bond donors (Lipinski definition) is 1. The van der Waals surface area contributed by atoms with Crippen molar-refractivity contribution in [2.75, 3.05) is 18.9 Å². The molecule has 2 heterocycles. The zero-order valence-electron chi connectivity index (χ0n) is 10.2. The summed E-state index contributed by atoms with van der Waals surface area (Å²) in [6.45, 7) is 1.73. The summed E-state index contributed by atoms with van der Waals surface area (Å²) in [7, 11) is 1.85. The molecule has 4 nitrogen and oxygen atoms in total. The van der Waals surface area contributed by atoms with Crippen molar-refractivity contribution in [3.05, 3.63) is 30.3 Å². The molecule has 1 aliphatic rings. The lowest BCUT2D eigenvalue weighted by atomic mass is 10.1. The predicted molar refractivity (Wildman–Crippen MR) is 73.5 cm³/mol. The van der Waals surface area contributed by atoms with Crippen LogP contribution in [0.4, 0.5) is 5.82 Å². The third-order valence-corrected chi connectivity index (χ3v) is 4.13. The molecule has 5 heteroatoms. The number of aryl methyl sites for hydroxylation is 1. The van der Waals surface area contributed by atoms with E-state index in [0.29, 0.717) is 11.1 Å². The van der Waals surface area contributed by atoms with Gasteiger partial charge >= 0.3 is 0 Å². The Bertz CT molecular complexity index is 526. The summed E-state index contributed by atoms with van der Waals surface area (Å²) >= 11 is 1.87. The molecule has 94 valence electrons. The molecule has 1 saturated heterocycles. The fourth-order valence-electron chi connectivity index (χ4n) is 1.80. The Morgan fingerprint density at radius 3 is 2.56 bits per heavy atom. The molecule has 0 atom stereocenters. The molecule has 0 unspecified atom stereocenters. The lowest BCUT2D eigenvalue weighted by Crippen LogP contribution is -2.29. The summed E-state index contributed by atoms with van der Waals surface area (Å²) in [6, 6.07) is 10.3. The molecular formula is C13H15N3OS. The molecule has 1 aromatic heterocycles. The maximum absolute atomic E-state index is 5.78. The second-order valence-electron chi connectivity index (χ2n) is 4.38. The van der Waals surface area contributed by atoms with Crippen LogP contribution in [0.25, 0.3) is 11.3 Å². The summed E-state index contributed by atoms with van der Waals surface area (Å²) in [4.78, 5) is 1.27. The fraction of sp³-hybridized carbons (Fsp3) is 0.308. The highest BCUT2D eigenvalue weighted by Crippen LogP contribution is 2.29. The first-order valence-electron chi connectivity index (χ1n) is 5.87. The third-order valence-electron chi connectivity index (χ3n) is 2.98. The van der Waals surface area contributed by atoms with Gasteiger partial charge < -0.3 is 10.5 Å². The zero-order chi connectivity index (χ0) is 12.5. The van der Waals surface area contributed by atoms with Crippen molar-refractivity contribution >= 4 is 17.6 Å². The van der Waals surface area contributed by atoms with Crippen LogP contribution in [0.1, 0.15) is 0 Å². The molecule has 0 bridgehead atoms. The molecule has 2 aromatic rings. The molecule has 3 rings (SSSR count). The van der Waals surface area contributed by atoms with Crippen LogP contribution in [-0.4, -0.2) is 28.2 Å². The number of nitrogens with two attached hydrogens (primary N) is 1. The number of nitrogens with zero attached hydrogens (tertiary/aromatic N) is 2. The van der Waals surface area contributed by atoms with Gasteiger partial charge in [0.05, 0.1) is 24.2 Å². The van der Waals surface area contributed by atoms with Gasteiger partial charge in [-0.1, -0.05) is 12.1 Å². The van der Waals surface area contributed by atoms with Gasteiger partial charge in [-0.3, -0.25) is 4.68 Å². The van der Waals surface area contributed by atoms with E-state index >= 15 is 0 Å². The lowest BCUT2D eigenvalue weighted by Gasteiger charge is -2.25. The molecule has 1 fully saturated rings. The first kappa shape index (κ1) is 11.6. The maximum atomic E-state index is 5.78. The highest BCUT2D eigenvalue weighted by Gasteiger charge is 2.19. The van der Waals surface area contributed by atoms with Crippen LogP contribution in [0.2, 0.25) is 0 Å². The van der Waals surface area contributed by atoms with E-state index in [1.54, 1.807) is 4.68 Å². The number of benzene rings is 1. The minimum atomic E-state index is 0.612. The molecule has 2 N–H and O–H groups in total. The number of ether oxygens (including phenoxy) is 1. The van der Waals surface area contributed by atoms with Crippen molar-refractivity contribution in [3.63, 3.8) is 0 Å². The van der Waals surface area contributed by atoms with E-state index in [2.05, 4.69) is 29.4 Å². The minimum absolute atomic E-state index is 0.612. The van der Waals surface area contributed by atoms with E-state index in [4.69, 9.17) is 10.5 Å². The molecule has 18 heavy (non-hydrogen) atoms. The van der Waals surface area contributed by atoms with Crippen molar-refractivity contribution in [2.45, 2.75) is 10.1 Å². The van der Waals surface area contributed by atoms with E-state index in [0.717, 1.165) is 24.5 Å². The van der Waals surface area contributed by atoms with Crippen molar-refractivity contribution < 1.29 is 4.74 Å². The SMILES string of the molecule is Cn1nc(-c2ccc(SC3COC3)cc2)cc1N. The molecule has 0 aliphatic carbocycles. The number of hydrogen-bond acceptors (Lipinski definition) is 4.